The zero-order chi connectivity index (χ0) is 28.7. The lowest BCUT2D eigenvalue weighted by molar-refractivity contribution is 0.323. The van der Waals surface area contributed by atoms with Crippen molar-refractivity contribution in [2.45, 2.75) is 4.90 Å². The van der Waals surface area contributed by atoms with Gasteiger partial charge in [0.25, 0.3) is 10.0 Å². The van der Waals surface area contributed by atoms with Gasteiger partial charge in [-0.2, -0.15) is 0 Å². The van der Waals surface area contributed by atoms with Gasteiger partial charge in [0.15, 0.2) is 34.6 Å². The van der Waals surface area contributed by atoms with Crippen molar-refractivity contribution in [3.63, 3.8) is 0 Å². The summed E-state index contributed by atoms with van der Waals surface area (Å²) in [5, 5.41) is 0. The van der Waals surface area contributed by atoms with Crippen LogP contribution in [0.5, 0.6) is 40.2 Å². The molecule has 0 unspecified atom stereocenters. The van der Waals surface area contributed by atoms with Crippen LogP contribution in [-0.2, 0) is 10.0 Å². The highest BCUT2D eigenvalue weighted by molar-refractivity contribution is 7.92. The van der Waals surface area contributed by atoms with Crippen molar-refractivity contribution >= 4 is 27.9 Å². The van der Waals surface area contributed by atoms with Crippen LogP contribution in [0, 0.1) is 5.82 Å². The first-order valence-corrected chi connectivity index (χ1v) is 12.8. The smallest absolute Gasteiger partial charge is 0.262 e. The number of nitrogens with one attached hydrogen (secondary N) is 1. The summed E-state index contributed by atoms with van der Waals surface area (Å²) in [5.41, 5.74) is 0.518. The average molecular weight is 564 g/mol. The van der Waals surface area contributed by atoms with E-state index in [1.807, 2.05) is 0 Å². The lowest BCUT2D eigenvalue weighted by Gasteiger charge is -2.17. The number of rotatable bonds is 12. The third-order valence-electron chi connectivity index (χ3n) is 5.69. The molecule has 0 fully saturated rings. The SMILES string of the molecule is COc1ccc(/C=C\c2cc(OC)c(OC)c(OC)c2)c(NS(=O)(=O)c2cc(OC)c(OC)c(OC)c2)c1F. The zero-order valence-corrected chi connectivity index (χ0v) is 23.4. The fourth-order valence-electron chi connectivity index (χ4n) is 3.76. The van der Waals surface area contributed by atoms with E-state index >= 15 is 4.39 Å². The number of hydrogen-bond acceptors (Lipinski definition) is 9. The van der Waals surface area contributed by atoms with E-state index in [1.165, 1.54) is 80.1 Å². The summed E-state index contributed by atoms with van der Waals surface area (Å²) in [7, 11) is 5.51. The van der Waals surface area contributed by atoms with Crippen molar-refractivity contribution in [2.75, 3.05) is 54.5 Å². The van der Waals surface area contributed by atoms with Gasteiger partial charge in [-0.25, -0.2) is 12.8 Å². The predicted octanol–water partition coefficient (Wildman–Crippen LogP) is 4.86. The third-order valence-corrected chi connectivity index (χ3v) is 7.02. The van der Waals surface area contributed by atoms with E-state index in [-0.39, 0.29) is 39.1 Å². The van der Waals surface area contributed by atoms with Gasteiger partial charge in [-0.1, -0.05) is 12.2 Å². The molecular formula is C27H30FNO9S. The number of sulfonamides is 1. The van der Waals surface area contributed by atoms with Gasteiger partial charge in [0.2, 0.25) is 11.5 Å². The van der Waals surface area contributed by atoms with Crippen LogP contribution < -0.4 is 37.9 Å². The van der Waals surface area contributed by atoms with E-state index in [9.17, 15) is 8.42 Å². The Balaban J connectivity index is 2.11. The molecule has 0 aliphatic carbocycles. The van der Waals surface area contributed by atoms with Crippen molar-refractivity contribution in [1.29, 1.82) is 0 Å². The van der Waals surface area contributed by atoms with Crippen LogP contribution in [0.4, 0.5) is 10.1 Å². The lowest BCUT2D eigenvalue weighted by atomic mass is 10.1. The molecule has 10 nitrogen and oxygen atoms in total. The molecular weight excluding hydrogens is 533 g/mol. The van der Waals surface area contributed by atoms with Crippen LogP contribution in [0.25, 0.3) is 12.2 Å². The van der Waals surface area contributed by atoms with E-state index in [0.717, 1.165) is 0 Å². The number of hydrogen-bond donors (Lipinski definition) is 1. The Bertz CT molecular complexity index is 1420. The minimum atomic E-state index is -4.34. The highest BCUT2D eigenvalue weighted by Gasteiger charge is 2.25. The molecule has 0 radical (unpaired) electrons. The van der Waals surface area contributed by atoms with Gasteiger partial charge < -0.3 is 33.2 Å². The molecule has 3 aromatic carbocycles. The molecule has 0 atom stereocenters. The van der Waals surface area contributed by atoms with Gasteiger partial charge in [-0.05, 0) is 29.8 Å². The van der Waals surface area contributed by atoms with Crippen molar-refractivity contribution < 1.29 is 46.0 Å². The summed E-state index contributed by atoms with van der Waals surface area (Å²) >= 11 is 0. The number of benzene rings is 3. The molecule has 12 heteroatoms. The van der Waals surface area contributed by atoms with Gasteiger partial charge in [-0.3, -0.25) is 4.72 Å². The summed E-state index contributed by atoms with van der Waals surface area (Å²) in [6.45, 7) is 0. The Morgan fingerprint density at radius 2 is 1.10 bits per heavy atom. The first-order valence-electron chi connectivity index (χ1n) is 11.3. The van der Waals surface area contributed by atoms with Gasteiger partial charge in [0.1, 0.15) is 0 Å². The largest absolute Gasteiger partial charge is 0.494 e. The quantitative estimate of drug-likeness (QED) is 0.309. The van der Waals surface area contributed by atoms with Crippen LogP contribution in [-0.4, -0.2) is 58.2 Å². The Kier molecular flexibility index (Phi) is 9.36. The average Bonchev–Trinajstić information content (AvgIpc) is 2.95. The van der Waals surface area contributed by atoms with E-state index in [0.29, 0.717) is 22.8 Å². The van der Waals surface area contributed by atoms with Crippen LogP contribution in [0.15, 0.2) is 41.3 Å². The highest BCUT2D eigenvalue weighted by atomic mass is 32.2. The Hall–Kier alpha value is -4.32. The van der Waals surface area contributed by atoms with Crippen LogP contribution in [0.1, 0.15) is 11.1 Å². The number of anilines is 1. The van der Waals surface area contributed by atoms with Crippen LogP contribution in [0.2, 0.25) is 0 Å². The summed E-state index contributed by atoms with van der Waals surface area (Å²) < 4.78 is 81.5. The van der Waals surface area contributed by atoms with Gasteiger partial charge in [0, 0.05) is 17.7 Å². The van der Waals surface area contributed by atoms with E-state index < -0.39 is 15.8 Å². The molecule has 3 rings (SSSR count). The topological polar surface area (TPSA) is 111 Å². The molecule has 0 aliphatic heterocycles. The summed E-state index contributed by atoms with van der Waals surface area (Å²) in [4.78, 5) is -0.237. The third kappa shape index (κ3) is 6.06. The molecule has 0 saturated carbocycles. The van der Waals surface area contributed by atoms with Crippen molar-refractivity contribution in [2.24, 2.45) is 0 Å². The van der Waals surface area contributed by atoms with Crippen molar-refractivity contribution in [1.82, 2.24) is 0 Å². The van der Waals surface area contributed by atoms with E-state index in [2.05, 4.69) is 4.72 Å². The Labute approximate surface area is 226 Å². The minimum Gasteiger partial charge on any atom is -0.494 e. The fourth-order valence-corrected chi connectivity index (χ4v) is 4.88. The maximum atomic E-state index is 15.4. The number of ether oxygens (including phenoxy) is 7. The molecule has 0 saturated heterocycles. The zero-order valence-electron chi connectivity index (χ0n) is 22.6. The molecule has 0 aliphatic rings. The molecule has 210 valence electrons. The normalized spacial score (nSPS) is 11.2. The highest BCUT2D eigenvalue weighted by Crippen LogP contribution is 2.41. The fraction of sp³-hybridized carbons (Fsp3) is 0.259. The molecule has 1 N–H and O–H groups in total. The van der Waals surface area contributed by atoms with Gasteiger partial charge in [0.05, 0.1) is 60.4 Å². The second-order valence-electron chi connectivity index (χ2n) is 7.80. The van der Waals surface area contributed by atoms with Crippen LogP contribution in [0.3, 0.4) is 0 Å². The minimum absolute atomic E-state index is 0.117. The van der Waals surface area contributed by atoms with E-state index in [4.69, 9.17) is 33.2 Å². The maximum Gasteiger partial charge on any atom is 0.262 e. The second kappa shape index (κ2) is 12.5. The molecule has 0 amide bonds. The summed E-state index contributed by atoms with van der Waals surface area (Å²) in [6.07, 6.45) is 3.18. The maximum absolute atomic E-state index is 15.4. The lowest BCUT2D eigenvalue weighted by Crippen LogP contribution is -2.16. The Morgan fingerprint density at radius 1 is 0.641 bits per heavy atom. The predicted molar refractivity (Wildman–Crippen MR) is 145 cm³/mol. The standard InChI is InChI=1S/C27H30FNO9S/c1-32-19-11-10-17(9-8-16-12-20(33-2)26(37-6)21(13-16)34-3)25(24(19)28)29-39(30,31)18-14-22(35-4)27(38-7)23(15-18)36-5/h8-15,29H,1-7H3/b9-8-. The first kappa shape index (κ1) is 29.2. The summed E-state index contributed by atoms with van der Waals surface area (Å²) in [6, 6.07) is 8.78. The van der Waals surface area contributed by atoms with Gasteiger partial charge >= 0.3 is 0 Å². The first-order chi connectivity index (χ1) is 18.7. The monoisotopic (exact) mass is 563 g/mol. The van der Waals surface area contributed by atoms with Crippen molar-refractivity contribution in [3.8, 4) is 40.2 Å². The molecule has 0 aromatic heterocycles. The van der Waals surface area contributed by atoms with Gasteiger partial charge in [-0.15, -0.1) is 0 Å². The molecule has 0 spiro atoms. The molecule has 39 heavy (non-hydrogen) atoms. The number of methoxy groups -OCH3 is 7. The second-order valence-corrected chi connectivity index (χ2v) is 9.49. The van der Waals surface area contributed by atoms with Crippen LogP contribution >= 0.6 is 0 Å². The Morgan fingerprint density at radius 3 is 1.54 bits per heavy atom. The number of halogens is 1. The van der Waals surface area contributed by atoms with Crippen molar-refractivity contribution in [3.05, 3.63) is 53.3 Å². The molecule has 0 bridgehead atoms. The molecule has 3 aromatic rings. The summed E-state index contributed by atoms with van der Waals surface area (Å²) in [5.74, 6) is 0.633. The molecule has 0 heterocycles. The van der Waals surface area contributed by atoms with E-state index in [1.54, 1.807) is 18.2 Å².